The summed E-state index contributed by atoms with van der Waals surface area (Å²) in [5.74, 6) is 1.56. The van der Waals surface area contributed by atoms with Crippen molar-refractivity contribution in [3.8, 4) is 12.3 Å². The average Bonchev–Trinajstić information content (AvgIpc) is 3.39. The Labute approximate surface area is 218 Å². The first kappa shape index (κ1) is 25.9. The van der Waals surface area contributed by atoms with Gasteiger partial charge >= 0.3 is 11.9 Å². The van der Waals surface area contributed by atoms with E-state index in [1.807, 2.05) is 26.0 Å². The lowest BCUT2D eigenvalue weighted by Gasteiger charge is -2.53. The Kier molecular flexibility index (Phi) is 6.24. The van der Waals surface area contributed by atoms with Gasteiger partial charge in [0.25, 0.3) is 0 Å². The highest BCUT2D eigenvalue weighted by molar-refractivity contribution is 5.89. The number of nitrogens with zero attached hydrogens (tertiary/aromatic N) is 2. The van der Waals surface area contributed by atoms with Gasteiger partial charge in [0.2, 0.25) is 5.66 Å². The van der Waals surface area contributed by atoms with Crippen molar-refractivity contribution < 1.29 is 28.9 Å². The number of terminal acetylenes is 1. The zero-order chi connectivity index (χ0) is 26.8. The van der Waals surface area contributed by atoms with Gasteiger partial charge in [0.15, 0.2) is 6.10 Å². The molecule has 3 heterocycles. The molecule has 3 fully saturated rings. The average molecular weight is 509 g/mol. The standard InChI is InChI=1S/C29H36N2O6/c1-7-8-21(32)26(34)35-22-15-29(16(2)3)24(23-17(4)9-14-20(23)27(22,5)37-29)36-25(33)18-10-12-19(13-11-18)28(6)30-31-28/h1,10-13,16-17,20-24,32H,8-9,14-15H2,2-6H3/t17-,20-,21-,22-,23-,24?,27+,29?/m1/s1. The number of aliphatic hydroxyl groups is 1. The van der Waals surface area contributed by atoms with E-state index in [-0.39, 0.29) is 24.2 Å². The Morgan fingerprint density at radius 2 is 1.86 bits per heavy atom. The molecule has 1 aromatic carbocycles. The lowest BCUT2D eigenvalue weighted by molar-refractivity contribution is -0.259. The zero-order valence-electron chi connectivity index (χ0n) is 22.1. The normalized spacial score (nSPS) is 37.5. The molecule has 0 spiro atoms. The van der Waals surface area contributed by atoms with Crippen LogP contribution in [-0.4, -0.2) is 46.6 Å². The van der Waals surface area contributed by atoms with Crippen molar-refractivity contribution in [2.45, 2.75) is 95.5 Å². The second-order valence-electron chi connectivity index (χ2n) is 11.8. The van der Waals surface area contributed by atoms with Crippen LogP contribution in [0.3, 0.4) is 0 Å². The van der Waals surface area contributed by atoms with E-state index in [0.29, 0.717) is 17.9 Å². The maximum absolute atomic E-state index is 13.5. The van der Waals surface area contributed by atoms with Crippen molar-refractivity contribution >= 4 is 11.9 Å². The van der Waals surface area contributed by atoms with Gasteiger partial charge in [-0.15, -0.1) is 12.3 Å². The summed E-state index contributed by atoms with van der Waals surface area (Å²) in [6.07, 6.45) is 4.94. The van der Waals surface area contributed by atoms with E-state index in [2.05, 4.69) is 36.9 Å². The molecule has 1 N–H and O–H groups in total. The maximum Gasteiger partial charge on any atom is 0.338 e. The number of ether oxygens (including phenoxy) is 3. The molecular weight excluding hydrogens is 472 g/mol. The summed E-state index contributed by atoms with van der Waals surface area (Å²) in [5, 5.41) is 18.3. The molecule has 37 heavy (non-hydrogen) atoms. The maximum atomic E-state index is 13.5. The molecule has 4 aliphatic rings. The van der Waals surface area contributed by atoms with Crippen LogP contribution in [0.1, 0.15) is 76.2 Å². The van der Waals surface area contributed by atoms with Gasteiger partial charge in [-0.3, -0.25) is 0 Å². The Morgan fingerprint density at radius 1 is 1.19 bits per heavy atom. The van der Waals surface area contributed by atoms with Gasteiger partial charge in [-0.2, -0.15) is 10.2 Å². The second-order valence-corrected chi connectivity index (χ2v) is 11.8. The van der Waals surface area contributed by atoms with Crippen molar-refractivity contribution in [3.63, 3.8) is 0 Å². The fourth-order valence-corrected chi connectivity index (χ4v) is 6.95. The first-order chi connectivity index (χ1) is 17.4. The molecule has 0 amide bonds. The highest BCUT2D eigenvalue weighted by Gasteiger charge is 2.72. The molecular formula is C29H36N2O6. The van der Waals surface area contributed by atoms with E-state index >= 15 is 0 Å². The number of carbonyl (C=O) groups excluding carboxylic acids is 2. The zero-order valence-corrected chi connectivity index (χ0v) is 22.1. The molecule has 2 bridgehead atoms. The number of rotatable bonds is 7. The summed E-state index contributed by atoms with van der Waals surface area (Å²) >= 11 is 0. The number of aliphatic hydroxyl groups excluding tert-OH is 1. The van der Waals surface area contributed by atoms with E-state index in [4.69, 9.17) is 20.6 Å². The molecule has 3 aliphatic heterocycles. The van der Waals surface area contributed by atoms with Crippen molar-refractivity contribution in [1.29, 1.82) is 0 Å². The van der Waals surface area contributed by atoms with Gasteiger partial charge in [0.1, 0.15) is 23.4 Å². The van der Waals surface area contributed by atoms with E-state index in [1.165, 1.54) is 0 Å². The quantitative estimate of drug-likeness (QED) is 0.432. The largest absolute Gasteiger partial charge is 0.457 e. The minimum atomic E-state index is -1.38. The molecule has 1 saturated carbocycles. The molecule has 8 nitrogen and oxygen atoms in total. The van der Waals surface area contributed by atoms with Crippen molar-refractivity contribution in [1.82, 2.24) is 0 Å². The second kappa shape index (κ2) is 8.92. The lowest BCUT2D eigenvalue weighted by atomic mass is 9.69. The summed E-state index contributed by atoms with van der Waals surface area (Å²) in [4.78, 5) is 26.1. The Hall–Kier alpha value is -2.76. The molecule has 198 valence electrons. The van der Waals surface area contributed by atoms with Crippen LogP contribution in [0.5, 0.6) is 0 Å². The third-order valence-electron chi connectivity index (χ3n) is 9.30. The van der Waals surface area contributed by atoms with Crippen LogP contribution in [0.25, 0.3) is 0 Å². The highest BCUT2D eigenvalue weighted by Crippen LogP contribution is 2.63. The van der Waals surface area contributed by atoms with Crippen LogP contribution >= 0.6 is 0 Å². The monoisotopic (exact) mass is 508 g/mol. The van der Waals surface area contributed by atoms with E-state index in [1.54, 1.807) is 12.1 Å². The van der Waals surface area contributed by atoms with Crippen LogP contribution in [0.15, 0.2) is 34.5 Å². The predicted octanol–water partition coefficient (Wildman–Crippen LogP) is 4.40. The molecule has 2 saturated heterocycles. The summed E-state index contributed by atoms with van der Waals surface area (Å²) in [7, 11) is 0. The minimum absolute atomic E-state index is 0.0156. The Balaban J connectivity index is 1.44. The van der Waals surface area contributed by atoms with Gasteiger partial charge < -0.3 is 19.3 Å². The van der Waals surface area contributed by atoms with Gasteiger partial charge in [0, 0.05) is 24.3 Å². The number of hydrogen-bond acceptors (Lipinski definition) is 8. The molecule has 0 aromatic heterocycles. The summed E-state index contributed by atoms with van der Waals surface area (Å²) in [5.41, 5.74) is -0.701. The molecule has 5 rings (SSSR count). The first-order valence-corrected chi connectivity index (χ1v) is 13.2. The Morgan fingerprint density at radius 3 is 2.46 bits per heavy atom. The van der Waals surface area contributed by atoms with E-state index < -0.39 is 47.1 Å². The van der Waals surface area contributed by atoms with Crippen LogP contribution < -0.4 is 0 Å². The van der Waals surface area contributed by atoms with Crippen molar-refractivity contribution in [2.75, 3.05) is 0 Å². The molecule has 2 unspecified atom stereocenters. The molecule has 8 atom stereocenters. The predicted molar refractivity (Wildman–Crippen MR) is 134 cm³/mol. The summed E-state index contributed by atoms with van der Waals surface area (Å²) in [6.45, 7) is 10.2. The smallest absolute Gasteiger partial charge is 0.338 e. The number of fused-ring (bicyclic) bond motifs is 4. The number of carbonyl (C=O) groups is 2. The van der Waals surface area contributed by atoms with Gasteiger partial charge in [0.05, 0.1) is 5.56 Å². The van der Waals surface area contributed by atoms with Crippen molar-refractivity contribution in [2.24, 2.45) is 33.9 Å². The summed E-state index contributed by atoms with van der Waals surface area (Å²) in [6, 6.07) is 7.22. The molecule has 1 aliphatic carbocycles. The highest BCUT2D eigenvalue weighted by atomic mass is 16.6. The van der Waals surface area contributed by atoms with Gasteiger partial charge in [-0.25, -0.2) is 9.59 Å². The minimum Gasteiger partial charge on any atom is -0.457 e. The van der Waals surface area contributed by atoms with Crippen LogP contribution in [-0.2, 0) is 24.7 Å². The van der Waals surface area contributed by atoms with E-state index in [0.717, 1.165) is 18.4 Å². The van der Waals surface area contributed by atoms with Crippen LogP contribution in [0, 0.1) is 36.0 Å². The molecule has 0 radical (unpaired) electrons. The fraction of sp³-hybridized carbons (Fsp3) is 0.655. The van der Waals surface area contributed by atoms with E-state index in [9.17, 15) is 14.7 Å². The first-order valence-electron chi connectivity index (χ1n) is 13.2. The van der Waals surface area contributed by atoms with Crippen LogP contribution in [0.4, 0.5) is 0 Å². The number of benzene rings is 1. The Bertz CT molecular complexity index is 1150. The topological polar surface area (TPSA) is 107 Å². The summed E-state index contributed by atoms with van der Waals surface area (Å²) < 4.78 is 19.1. The number of hydrogen-bond donors (Lipinski definition) is 1. The van der Waals surface area contributed by atoms with Crippen molar-refractivity contribution in [3.05, 3.63) is 35.4 Å². The third kappa shape index (κ3) is 4.07. The van der Waals surface area contributed by atoms with Crippen LogP contribution in [0.2, 0.25) is 0 Å². The molecule has 1 aromatic rings. The molecule has 8 heteroatoms. The van der Waals surface area contributed by atoms with Gasteiger partial charge in [-0.05, 0) is 56.6 Å². The SMILES string of the molecule is C#CC[C@@H](O)C(=O)O[C@@H]1CC2(C(C)C)O[C@@]1(C)[C@@H]1CC[C@@H](C)[C@H]1C2OC(=O)c1ccc(C2(C)N=N2)cc1. The van der Waals surface area contributed by atoms with Gasteiger partial charge in [-0.1, -0.05) is 32.9 Å². The fourth-order valence-electron chi connectivity index (χ4n) is 6.95. The third-order valence-corrected chi connectivity index (χ3v) is 9.30. The number of esters is 2. The lowest BCUT2D eigenvalue weighted by Crippen LogP contribution is -2.62.